The van der Waals surface area contributed by atoms with Crippen LogP contribution in [0.25, 0.3) is 0 Å². The van der Waals surface area contributed by atoms with Crippen molar-refractivity contribution < 1.29 is 4.79 Å². The fraction of sp³-hybridized carbons (Fsp3) is 0.923. The number of amides is 1. The van der Waals surface area contributed by atoms with Gasteiger partial charge < -0.3 is 4.90 Å². The Hall–Kier alpha value is -0.530. The molecule has 2 heteroatoms. The van der Waals surface area contributed by atoms with Crippen molar-refractivity contribution in [2.24, 2.45) is 11.3 Å². The van der Waals surface area contributed by atoms with Crippen LogP contribution in [0.2, 0.25) is 0 Å². The Kier molecular flexibility index (Phi) is 3.03. The van der Waals surface area contributed by atoms with Crippen LogP contribution in [0.3, 0.4) is 0 Å². The lowest BCUT2D eigenvalue weighted by Crippen LogP contribution is -2.32. The van der Waals surface area contributed by atoms with Gasteiger partial charge in [-0.15, -0.1) is 0 Å². The van der Waals surface area contributed by atoms with Crippen LogP contribution in [0, 0.1) is 11.3 Å². The minimum atomic E-state index is 0.379. The molecule has 1 amide bonds. The molecule has 1 spiro atoms. The predicted octanol–water partition coefficient (Wildman–Crippen LogP) is 2.83. The Morgan fingerprint density at radius 1 is 1.27 bits per heavy atom. The molecule has 2 nitrogen and oxygen atoms in total. The van der Waals surface area contributed by atoms with Crippen molar-refractivity contribution in [1.29, 1.82) is 0 Å². The van der Waals surface area contributed by atoms with E-state index in [9.17, 15) is 4.79 Å². The molecule has 1 aliphatic carbocycles. The van der Waals surface area contributed by atoms with E-state index in [0.29, 0.717) is 17.2 Å². The molecule has 1 saturated carbocycles. The summed E-state index contributed by atoms with van der Waals surface area (Å²) in [5.74, 6) is 1.01. The number of carbonyl (C=O) groups is 1. The SMILES string of the molecule is CC(C)CN1CC2(CCCCC2)CC1=O. The van der Waals surface area contributed by atoms with Gasteiger partial charge in [-0.2, -0.15) is 0 Å². The molecule has 0 unspecified atom stereocenters. The normalized spacial score (nSPS) is 25.5. The third kappa shape index (κ3) is 2.35. The summed E-state index contributed by atoms with van der Waals surface area (Å²) in [6.45, 7) is 6.39. The molecule has 0 aromatic heterocycles. The van der Waals surface area contributed by atoms with Gasteiger partial charge >= 0.3 is 0 Å². The van der Waals surface area contributed by atoms with Crippen LogP contribution < -0.4 is 0 Å². The van der Waals surface area contributed by atoms with Gasteiger partial charge in [-0.1, -0.05) is 33.1 Å². The summed E-state index contributed by atoms with van der Waals surface area (Å²) in [5.41, 5.74) is 0.379. The van der Waals surface area contributed by atoms with Crippen LogP contribution in [0.5, 0.6) is 0 Å². The van der Waals surface area contributed by atoms with Gasteiger partial charge in [-0.25, -0.2) is 0 Å². The maximum atomic E-state index is 11.9. The van der Waals surface area contributed by atoms with Gasteiger partial charge in [-0.05, 0) is 24.2 Å². The van der Waals surface area contributed by atoms with Gasteiger partial charge in [0, 0.05) is 19.5 Å². The topological polar surface area (TPSA) is 20.3 Å². The zero-order valence-corrected chi connectivity index (χ0v) is 10.1. The molecule has 1 saturated heterocycles. The lowest BCUT2D eigenvalue weighted by atomic mass is 9.73. The second kappa shape index (κ2) is 4.15. The van der Waals surface area contributed by atoms with Crippen molar-refractivity contribution in [3.8, 4) is 0 Å². The highest BCUT2D eigenvalue weighted by Crippen LogP contribution is 2.44. The van der Waals surface area contributed by atoms with Crippen molar-refractivity contribution in [3.05, 3.63) is 0 Å². The van der Waals surface area contributed by atoms with Crippen LogP contribution >= 0.6 is 0 Å². The molecule has 2 fully saturated rings. The van der Waals surface area contributed by atoms with Gasteiger partial charge in [0.15, 0.2) is 0 Å². The van der Waals surface area contributed by atoms with Gasteiger partial charge in [0.1, 0.15) is 0 Å². The first-order chi connectivity index (χ1) is 7.11. The van der Waals surface area contributed by atoms with E-state index in [-0.39, 0.29) is 0 Å². The number of hydrogen-bond donors (Lipinski definition) is 0. The lowest BCUT2D eigenvalue weighted by molar-refractivity contribution is -0.128. The molecule has 2 rings (SSSR count). The van der Waals surface area contributed by atoms with E-state index in [4.69, 9.17) is 0 Å². The maximum Gasteiger partial charge on any atom is 0.223 e. The Labute approximate surface area is 93.0 Å². The van der Waals surface area contributed by atoms with Crippen molar-refractivity contribution in [2.45, 2.75) is 52.4 Å². The molecule has 0 N–H and O–H groups in total. The molecule has 1 heterocycles. The minimum absolute atomic E-state index is 0.379. The Morgan fingerprint density at radius 3 is 2.53 bits per heavy atom. The van der Waals surface area contributed by atoms with E-state index in [1.807, 2.05) is 0 Å². The van der Waals surface area contributed by atoms with Crippen LogP contribution in [0.4, 0.5) is 0 Å². The molecule has 1 aliphatic heterocycles. The summed E-state index contributed by atoms with van der Waals surface area (Å²) in [6, 6.07) is 0. The molecular weight excluding hydrogens is 186 g/mol. The van der Waals surface area contributed by atoms with E-state index >= 15 is 0 Å². The van der Waals surface area contributed by atoms with Crippen LogP contribution in [-0.2, 0) is 4.79 Å². The number of nitrogens with zero attached hydrogens (tertiary/aromatic N) is 1. The van der Waals surface area contributed by atoms with Crippen molar-refractivity contribution in [3.63, 3.8) is 0 Å². The van der Waals surface area contributed by atoms with E-state index in [1.54, 1.807) is 0 Å². The zero-order chi connectivity index (χ0) is 10.9. The quantitative estimate of drug-likeness (QED) is 0.685. The van der Waals surface area contributed by atoms with E-state index in [0.717, 1.165) is 19.5 Å². The largest absolute Gasteiger partial charge is 0.342 e. The molecular formula is C13H23NO. The summed E-state index contributed by atoms with van der Waals surface area (Å²) < 4.78 is 0. The highest BCUT2D eigenvalue weighted by molar-refractivity contribution is 5.79. The third-order valence-electron chi connectivity index (χ3n) is 3.90. The molecule has 86 valence electrons. The zero-order valence-electron chi connectivity index (χ0n) is 10.1. The van der Waals surface area contributed by atoms with Crippen molar-refractivity contribution in [2.75, 3.05) is 13.1 Å². The Balaban J connectivity index is 1.98. The highest BCUT2D eigenvalue weighted by Gasteiger charge is 2.43. The first-order valence-electron chi connectivity index (χ1n) is 6.39. The average Bonchev–Trinajstić information content (AvgIpc) is 2.43. The van der Waals surface area contributed by atoms with Crippen molar-refractivity contribution >= 4 is 5.91 Å². The number of rotatable bonds is 2. The second-order valence-corrected chi connectivity index (χ2v) is 5.91. The van der Waals surface area contributed by atoms with E-state index < -0.39 is 0 Å². The molecule has 0 atom stereocenters. The molecule has 0 aromatic rings. The second-order valence-electron chi connectivity index (χ2n) is 5.91. The molecule has 2 aliphatic rings. The summed E-state index contributed by atoms with van der Waals surface area (Å²) in [7, 11) is 0. The summed E-state index contributed by atoms with van der Waals surface area (Å²) in [4.78, 5) is 14.0. The molecule has 0 bridgehead atoms. The smallest absolute Gasteiger partial charge is 0.223 e. The van der Waals surface area contributed by atoms with Gasteiger partial charge in [0.05, 0.1) is 0 Å². The van der Waals surface area contributed by atoms with Crippen molar-refractivity contribution in [1.82, 2.24) is 4.90 Å². The maximum absolute atomic E-state index is 11.9. The standard InChI is InChI=1S/C13H23NO/c1-11(2)9-14-10-13(8-12(14)15)6-4-3-5-7-13/h11H,3-10H2,1-2H3. The molecule has 15 heavy (non-hydrogen) atoms. The van der Waals surface area contributed by atoms with Crippen LogP contribution in [-0.4, -0.2) is 23.9 Å². The Bertz CT molecular complexity index is 241. The molecule has 0 radical (unpaired) electrons. The van der Waals surface area contributed by atoms with E-state index in [2.05, 4.69) is 18.7 Å². The molecule has 0 aromatic carbocycles. The fourth-order valence-electron chi connectivity index (χ4n) is 3.23. The third-order valence-corrected chi connectivity index (χ3v) is 3.90. The number of carbonyl (C=O) groups excluding carboxylic acids is 1. The lowest BCUT2D eigenvalue weighted by Gasteiger charge is -2.32. The van der Waals surface area contributed by atoms with E-state index in [1.165, 1.54) is 32.1 Å². The summed E-state index contributed by atoms with van der Waals surface area (Å²) >= 11 is 0. The summed E-state index contributed by atoms with van der Waals surface area (Å²) in [6.07, 6.45) is 7.45. The van der Waals surface area contributed by atoms with Crippen LogP contribution in [0.1, 0.15) is 52.4 Å². The fourth-order valence-corrected chi connectivity index (χ4v) is 3.23. The first-order valence-corrected chi connectivity index (χ1v) is 6.39. The number of hydrogen-bond acceptors (Lipinski definition) is 1. The van der Waals surface area contributed by atoms with Gasteiger partial charge in [0.2, 0.25) is 5.91 Å². The van der Waals surface area contributed by atoms with Gasteiger partial charge in [-0.3, -0.25) is 4.79 Å². The first kappa shape index (κ1) is 11.0. The number of likely N-dealkylation sites (tertiary alicyclic amines) is 1. The minimum Gasteiger partial charge on any atom is -0.342 e. The van der Waals surface area contributed by atoms with Gasteiger partial charge in [0.25, 0.3) is 0 Å². The average molecular weight is 209 g/mol. The van der Waals surface area contributed by atoms with Crippen LogP contribution in [0.15, 0.2) is 0 Å². The predicted molar refractivity (Wildman–Crippen MR) is 61.6 cm³/mol. The summed E-state index contributed by atoms with van der Waals surface area (Å²) in [5, 5.41) is 0. The monoisotopic (exact) mass is 209 g/mol. The Morgan fingerprint density at radius 2 is 1.93 bits per heavy atom. The highest BCUT2D eigenvalue weighted by atomic mass is 16.2.